The number of alkyl halides is 2. The van der Waals surface area contributed by atoms with Gasteiger partial charge in [0.15, 0.2) is 0 Å². The first kappa shape index (κ1) is 21.4. The Labute approximate surface area is 181 Å². The van der Waals surface area contributed by atoms with Gasteiger partial charge in [-0.05, 0) is 47.1 Å². The number of aryl methyl sites for hydroxylation is 2. The van der Waals surface area contributed by atoms with Gasteiger partial charge in [-0.15, -0.1) is 0 Å². The smallest absolute Gasteiger partial charge is 0.267 e. The normalized spacial score (nSPS) is 15.7. The zero-order chi connectivity index (χ0) is 21.8. The SMILES string of the molecule is CCc1ccc(-c2ccc(CC/C=C/c3ccc(C4CO4)c(F)c3C(F)F)cc2)cc1. The third-order valence-corrected chi connectivity index (χ3v) is 5.69. The predicted octanol–water partition coefficient (Wildman–Crippen LogP) is 7.71. The summed E-state index contributed by atoms with van der Waals surface area (Å²) >= 11 is 0. The van der Waals surface area contributed by atoms with E-state index >= 15 is 0 Å². The molecule has 1 aliphatic rings. The van der Waals surface area contributed by atoms with E-state index in [-0.39, 0.29) is 17.2 Å². The largest absolute Gasteiger partial charge is 0.368 e. The molecular formula is C27H25F3O. The third-order valence-electron chi connectivity index (χ3n) is 5.69. The van der Waals surface area contributed by atoms with Gasteiger partial charge in [-0.25, -0.2) is 13.2 Å². The van der Waals surface area contributed by atoms with Crippen LogP contribution in [0.5, 0.6) is 0 Å². The van der Waals surface area contributed by atoms with E-state index in [2.05, 4.69) is 55.5 Å². The van der Waals surface area contributed by atoms with Crippen LogP contribution in [0.1, 0.15) is 53.7 Å². The molecule has 1 aliphatic heterocycles. The van der Waals surface area contributed by atoms with Crippen molar-refractivity contribution in [2.45, 2.75) is 38.7 Å². The van der Waals surface area contributed by atoms with Crippen LogP contribution < -0.4 is 0 Å². The molecule has 1 fully saturated rings. The van der Waals surface area contributed by atoms with Gasteiger partial charge < -0.3 is 4.74 Å². The Balaban J connectivity index is 1.39. The molecule has 1 unspecified atom stereocenters. The predicted molar refractivity (Wildman–Crippen MR) is 119 cm³/mol. The van der Waals surface area contributed by atoms with Crippen molar-refractivity contribution in [2.75, 3.05) is 6.61 Å². The van der Waals surface area contributed by atoms with Crippen molar-refractivity contribution >= 4 is 6.08 Å². The van der Waals surface area contributed by atoms with Gasteiger partial charge in [0.1, 0.15) is 11.9 Å². The Hall–Kier alpha value is -2.85. The lowest BCUT2D eigenvalue weighted by molar-refractivity contribution is 0.145. The highest BCUT2D eigenvalue weighted by Gasteiger charge is 2.31. The number of rotatable bonds is 8. The van der Waals surface area contributed by atoms with Crippen molar-refractivity contribution in [2.24, 2.45) is 0 Å². The van der Waals surface area contributed by atoms with Crippen molar-refractivity contribution in [1.82, 2.24) is 0 Å². The lowest BCUT2D eigenvalue weighted by Crippen LogP contribution is -2.00. The summed E-state index contributed by atoms with van der Waals surface area (Å²) in [7, 11) is 0. The second-order valence-electron chi connectivity index (χ2n) is 7.78. The number of allylic oxidation sites excluding steroid dienone is 1. The van der Waals surface area contributed by atoms with Crippen LogP contribution in [-0.4, -0.2) is 6.61 Å². The summed E-state index contributed by atoms with van der Waals surface area (Å²) in [6.07, 6.45) is 2.66. The number of benzene rings is 3. The van der Waals surface area contributed by atoms with Crippen molar-refractivity contribution in [3.05, 3.63) is 100 Å². The molecule has 4 rings (SSSR count). The highest BCUT2D eigenvalue weighted by Crippen LogP contribution is 2.37. The number of ether oxygens (including phenoxy) is 1. The van der Waals surface area contributed by atoms with E-state index < -0.39 is 17.8 Å². The number of hydrogen-bond acceptors (Lipinski definition) is 1. The molecule has 0 aliphatic carbocycles. The van der Waals surface area contributed by atoms with Crippen molar-refractivity contribution in [1.29, 1.82) is 0 Å². The van der Waals surface area contributed by atoms with Crippen molar-refractivity contribution < 1.29 is 17.9 Å². The van der Waals surface area contributed by atoms with Gasteiger partial charge >= 0.3 is 0 Å². The van der Waals surface area contributed by atoms with Crippen LogP contribution in [0, 0.1) is 5.82 Å². The average molecular weight is 422 g/mol. The minimum Gasteiger partial charge on any atom is -0.368 e. The minimum absolute atomic E-state index is 0.219. The van der Waals surface area contributed by atoms with Crippen molar-refractivity contribution in [3.8, 4) is 11.1 Å². The molecule has 0 bridgehead atoms. The van der Waals surface area contributed by atoms with E-state index in [1.807, 2.05) is 6.08 Å². The fraction of sp³-hybridized carbons (Fsp3) is 0.259. The molecule has 0 spiro atoms. The molecule has 0 amide bonds. The number of hydrogen-bond donors (Lipinski definition) is 0. The molecule has 0 aromatic heterocycles. The maximum atomic E-state index is 14.5. The monoisotopic (exact) mass is 422 g/mol. The zero-order valence-electron chi connectivity index (χ0n) is 17.5. The minimum atomic E-state index is -2.86. The van der Waals surface area contributed by atoms with Gasteiger partial charge in [0.2, 0.25) is 0 Å². The summed E-state index contributed by atoms with van der Waals surface area (Å²) < 4.78 is 46.4. The molecule has 3 aromatic rings. The lowest BCUT2D eigenvalue weighted by atomic mass is 9.99. The van der Waals surface area contributed by atoms with E-state index in [0.717, 1.165) is 12.8 Å². The molecular weight excluding hydrogens is 397 g/mol. The molecule has 0 radical (unpaired) electrons. The number of halogens is 3. The van der Waals surface area contributed by atoms with Crippen LogP contribution in [-0.2, 0) is 17.6 Å². The fourth-order valence-corrected chi connectivity index (χ4v) is 3.73. The molecule has 1 saturated heterocycles. The standard InChI is InChI=1S/C27H25F3O/c1-2-18-7-11-20(12-8-18)21-13-9-19(10-14-21)5-3-4-6-22-15-16-23(24-17-31-24)26(28)25(22)27(29)30/h4,6-16,24,27H,2-3,5,17H2,1H3/b6-4+. The molecule has 1 nitrogen and oxygen atoms in total. The van der Waals surface area contributed by atoms with E-state index in [0.29, 0.717) is 13.0 Å². The van der Waals surface area contributed by atoms with Gasteiger partial charge in [0.05, 0.1) is 12.2 Å². The van der Waals surface area contributed by atoms with Crippen molar-refractivity contribution in [3.63, 3.8) is 0 Å². The van der Waals surface area contributed by atoms with Gasteiger partial charge in [-0.2, -0.15) is 0 Å². The Kier molecular flexibility index (Phi) is 6.57. The molecule has 160 valence electrons. The van der Waals surface area contributed by atoms with Gasteiger partial charge in [-0.3, -0.25) is 0 Å². The molecule has 0 saturated carbocycles. The summed E-state index contributed by atoms with van der Waals surface area (Å²) in [6, 6.07) is 20.0. The highest BCUT2D eigenvalue weighted by molar-refractivity contribution is 5.64. The van der Waals surface area contributed by atoms with Crippen LogP contribution in [0.25, 0.3) is 17.2 Å². The van der Waals surface area contributed by atoms with Crippen LogP contribution in [0.15, 0.2) is 66.7 Å². The first-order chi connectivity index (χ1) is 15.1. The van der Waals surface area contributed by atoms with Crippen LogP contribution in [0.4, 0.5) is 13.2 Å². The molecule has 0 N–H and O–H groups in total. The number of epoxide rings is 1. The van der Waals surface area contributed by atoms with Crippen LogP contribution >= 0.6 is 0 Å². The van der Waals surface area contributed by atoms with Crippen LogP contribution in [0.2, 0.25) is 0 Å². The van der Waals surface area contributed by atoms with E-state index in [1.54, 1.807) is 18.2 Å². The highest BCUT2D eigenvalue weighted by atomic mass is 19.3. The van der Waals surface area contributed by atoms with Crippen LogP contribution in [0.3, 0.4) is 0 Å². The summed E-state index contributed by atoms with van der Waals surface area (Å²) in [5.41, 5.74) is 4.74. The van der Waals surface area contributed by atoms with Gasteiger partial charge in [0.25, 0.3) is 6.43 Å². The first-order valence-electron chi connectivity index (χ1n) is 10.6. The summed E-state index contributed by atoms with van der Waals surface area (Å²) in [4.78, 5) is 0. The van der Waals surface area contributed by atoms with E-state index in [4.69, 9.17) is 4.74 Å². The fourth-order valence-electron chi connectivity index (χ4n) is 3.73. The summed E-state index contributed by atoms with van der Waals surface area (Å²) in [5, 5.41) is 0. The molecule has 4 heteroatoms. The van der Waals surface area contributed by atoms with Gasteiger partial charge in [-0.1, -0.05) is 79.7 Å². The second kappa shape index (κ2) is 9.52. The average Bonchev–Trinajstić information content (AvgIpc) is 3.62. The Morgan fingerprint density at radius 2 is 1.55 bits per heavy atom. The quantitative estimate of drug-likeness (QED) is 0.339. The van der Waals surface area contributed by atoms with Gasteiger partial charge in [0, 0.05) is 5.56 Å². The first-order valence-corrected chi connectivity index (χ1v) is 10.6. The maximum Gasteiger partial charge on any atom is 0.267 e. The molecule has 1 heterocycles. The lowest BCUT2D eigenvalue weighted by Gasteiger charge is -2.10. The van der Waals surface area contributed by atoms with E-state index in [9.17, 15) is 13.2 Å². The summed E-state index contributed by atoms with van der Waals surface area (Å²) in [6.45, 7) is 2.53. The van der Waals surface area contributed by atoms with E-state index in [1.165, 1.54) is 22.3 Å². The Morgan fingerprint density at radius 1 is 0.935 bits per heavy atom. The maximum absolute atomic E-state index is 14.5. The zero-order valence-corrected chi connectivity index (χ0v) is 17.5. The Morgan fingerprint density at radius 3 is 2.10 bits per heavy atom. The third kappa shape index (κ3) is 5.08. The topological polar surface area (TPSA) is 12.5 Å². The molecule has 31 heavy (non-hydrogen) atoms. The molecule has 1 atom stereocenters. The Bertz CT molecular complexity index is 1050. The second-order valence-corrected chi connectivity index (χ2v) is 7.78. The summed E-state index contributed by atoms with van der Waals surface area (Å²) in [5.74, 6) is -0.845. The molecule has 3 aromatic carbocycles.